The minimum Gasteiger partial charge on any atom is -0.459 e. The van der Waals surface area contributed by atoms with Gasteiger partial charge in [-0.2, -0.15) is 0 Å². The third-order valence-electron chi connectivity index (χ3n) is 3.75. The Hall–Kier alpha value is -3.05. The van der Waals surface area contributed by atoms with Crippen LogP contribution in [0, 0.1) is 6.92 Å². The number of hydrogen-bond acceptors (Lipinski definition) is 4. The number of ketones is 1. The molecule has 3 rings (SSSR count). The lowest BCUT2D eigenvalue weighted by Gasteiger charge is -2.20. The van der Waals surface area contributed by atoms with Crippen molar-refractivity contribution in [2.75, 3.05) is 5.32 Å². The van der Waals surface area contributed by atoms with Gasteiger partial charge in [0.2, 0.25) is 5.78 Å². The van der Waals surface area contributed by atoms with Gasteiger partial charge in [0, 0.05) is 16.3 Å². The highest BCUT2D eigenvalue weighted by molar-refractivity contribution is 6.30. The van der Waals surface area contributed by atoms with Crippen molar-refractivity contribution in [1.82, 2.24) is 5.32 Å². The fourth-order valence-corrected chi connectivity index (χ4v) is 2.60. The monoisotopic (exact) mass is 368 g/mol. The van der Waals surface area contributed by atoms with Crippen molar-refractivity contribution in [2.24, 2.45) is 0 Å². The number of carbonyl (C=O) groups is 2. The first kappa shape index (κ1) is 17.8. The number of amides is 1. The summed E-state index contributed by atoms with van der Waals surface area (Å²) in [6.07, 6.45) is 0.421. The Bertz CT molecular complexity index is 905. The Kier molecular flexibility index (Phi) is 5.39. The van der Waals surface area contributed by atoms with Gasteiger partial charge in [-0.3, -0.25) is 9.59 Å². The van der Waals surface area contributed by atoms with E-state index in [-0.39, 0.29) is 11.5 Å². The van der Waals surface area contributed by atoms with E-state index in [4.69, 9.17) is 16.0 Å². The second-order valence-corrected chi connectivity index (χ2v) is 6.21. The molecule has 1 aromatic heterocycles. The molecule has 132 valence electrons. The van der Waals surface area contributed by atoms with Gasteiger partial charge in [0.05, 0.1) is 6.26 Å². The van der Waals surface area contributed by atoms with Crippen molar-refractivity contribution in [3.05, 3.63) is 88.8 Å². The maximum absolute atomic E-state index is 12.9. The van der Waals surface area contributed by atoms with Gasteiger partial charge in [0.1, 0.15) is 0 Å². The van der Waals surface area contributed by atoms with Gasteiger partial charge in [0.25, 0.3) is 5.91 Å². The molecule has 1 atom stereocenters. The molecule has 0 fully saturated rings. The third kappa shape index (κ3) is 4.32. The van der Waals surface area contributed by atoms with E-state index >= 15 is 0 Å². The summed E-state index contributed by atoms with van der Waals surface area (Å²) in [5, 5.41) is 6.20. The molecule has 2 aromatic carbocycles. The van der Waals surface area contributed by atoms with Crippen LogP contribution in [0.15, 0.2) is 71.3 Å². The Morgan fingerprint density at radius 2 is 1.81 bits per heavy atom. The number of hydrogen-bond donors (Lipinski definition) is 2. The highest BCUT2D eigenvalue weighted by Crippen LogP contribution is 2.17. The normalized spacial score (nSPS) is 11.6. The Morgan fingerprint density at radius 1 is 1.04 bits per heavy atom. The van der Waals surface area contributed by atoms with Crippen molar-refractivity contribution in [2.45, 2.75) is 13.1 Å². The topological polar surface area (TPSA) is 71.3 Å². The smallest absolute Gasteiger partial charge is 0.288 e. The number of anilines is 1. The first-order valence-corrected chi connectivity index (χ1v) is 8.38. The van der Waals surface area contributed by atoms with Gasteiger partial charge in [0.15, 0.2) is 11.9 Å². The molecule has 1 heterocycles. The first-order chi connectivity index (χ1) is 12.5. The number of halogens is 1. The molecule has 0 aliphatic carbocycles. The predicted molar refractivity (Wildman–Crippen MR) is 101 cm³/mol. The van der Waals surface area contributed by atoms with Crippen LogP contribution in [0.3, 0.4) is 0 Å². The minimum atomic E-state index is -0.978. The van der Waals surface area contributed by atoms with E-state index in [1.807, 2.05) is 19.1 Å². The molecule has 0 saturated carbocycles. The molecule has 3 aromatic rings. The van der Waals surface area contributed by atoms with Gasteiger partial charge in [-0.15, -0.1) is 0 Å². The average Bonchev–Trinajstić information content (AvgIpc) is 3.16. The third-order valence-corrected chi connectivity index (χ3v) is 3.99. The number of carbonyl (C=O) groups excluding carboxylic acids is 2. The van der Waals surface area contributed by atoms with Crippen LogP contribution in [0.2, 0.25) is 5.02 Å². The van der Waals surface area contributed by atoms with Crippen molar-refractivity contribution in [3.63, 3.8) is 0 Å². The van der Waals surface area contributed by atoms with E-state index in [2.05, 4.69) is 10.6 Å². The van der Waals surface area contributed by atoms with Gasteiger partial charge in [-0.05, 0) is 37.3 Å². The molecule has 5 nitrogen and oxygen atoms in total. The molecule has 2 N–H and O–H groups in total. The van der Waals surface area contributed by atoms with Crippen molar-refractivity contribution >= 4 is 29.0 Å². The summed E-state index contributed by atoms with van der Waals surface area (Å²) in [5.41, 5.74) is 2.14. The standard InChI is InChI=1S/C20H17ClN2O3/c1-13-7-9-14(10-8-13)18(24)19(22-16-5-2-4-15(21)12-16)23-20(25)17-6-3-11-26-17/h2-12,19,22H,1H3,(H,23,25)/t19-/m0/s1. The van der Waals surface area contributed by atoms with Gasteiger partial charge in [-0.25, -0.2) is 0 Å². The maximum Gasteiger partial charge on any atom is 0.288 e. The highest BCUT2D eigenvalue weighted by Gasteiger charge is 2.23. The molecule has 0 radical (unpaired) electrons. The van der Waals surface area contributed by atoms with Gasteiger partial charge in [-0.1, -0.05) is 47.5 Å². The molecule has 0 aliphatic rings. The van der Waals surface area contributed by atoms with Crippen LogP contribution in [0.4, 0.5) is 5.69 Å². The summed E-state index contributed by atoms with van der Waals surface area (Å²) in [4.78, 5) is 25.2. The van der Waals surface area contributed by atoms with E-state index in [1.165, 1.54) is 12.3 Å². The molecule has 0 saturated heterocycles. The van der Waals surface area contributed by atoms with Crippen LogP contribution >= 0.6 is 11.6 Å². The maximum atomic E-state index is 12.9. The van der Waals surface area contributed by atoms with Crippen LogP contribution in [-0.4, -0.2) is 17.9 Å². The number of rotatable bonds is 6. The number of benzene rings is 2. The lowest BCUT2D eigenvalue weighted by molar-refractivity contribution is 0.0853. The van der Waals surface area contributed by atoms with Crippen LogP contribution in [0.5, 0.6) is 0 Å². The Morgan fingerprint density at radius 3 is 2.46 bits per heavy atom. The largest absolute Gasteiger partial charge is 0.459 e. The van der Waals surface area contributed by atoms with E-state index in [0.29, 0.717) is 16.3 Å². The summed E-state index contributed by atoms with van der Waals surface area (Å²) in [7, 11) is 0. The number of nitrogens with one attached hydrogen (secondary N) is 2. The molecule has 0 spiro atoms. The van der Waals surface area contributed by atoms with Crippen LogP contribution < -0.4 is 10.6 Å². The molecular weight excluding hydrogens is 352 g/mol. The Labute approximate surface area is 156 Å². The summed E-state index contributed by atoms with van der Waals surface area (Å²) >= 11 is 6.00. The van der Waals surface area contributed by atoms with Gasteiger partial charge < -0.3 is 15.1 Å². The van der Waals surface area contributed by atoms with E-state index < -0.39 is 12.1 Å². The fraction of sp³-hybridized carbons (Fsp3) is 0.100. The van der Waals surface area contributed by atoms with Crippen LogP contribution in [0.25, 0.3) is 0 Å². The number of Topliss-reactive ketones (excluding diaryl/α,β-unsaturated/α-hetero) is 1. The van der Waals surface area contributed by atoms with Crippen LogP contribution in [0.1, 0.15) is 26.5 Å². The first-order valence-electron chi connectivity index (χ1n) is 8.00. The zero-order chi connectivity index (χ0) is 18.5. The average molecular weight is 369 g/mol. The molecule has 26 heavy (non-hydrogen) atoms. The van der Waals surface area contributed by atoms with E-state index in [9.17, 15) is 9.59 Å². The SMILES string of the molecule is Cc1ccc(C(=O)[C@H](NC(=O)c2ccco2)Nc2cccc(Cl)c2)cc1. The number of furan rings is 1. The molecular formula is C20H17ClN2O3. The molecule has 0 aliphatic heterocycles. The summed E-state index contributed by atoms with van der Waals surface area (Å²) < 4.78 is 5.09. The zero-order valence-electron chi connectivity index (χ0n) is 14.0. The van der Waals surface area contributed by atoms with Crippen molar-refractivity contribution < 1.29 is 14.0 Å². The summed E-state index contributed by atoms with van der Waals surface area (Å²) in [6, 6.07) is 17.2. The molecule has 0 bridgehead atoms. The Balaban J connectivity index is 1.86. The molecule has 0 unspecified atom stereocenters. The quantitative estimate of drug-likeness (QED) is 0.503. The van der Waals surface area contributed by atoms with E-state index in [1.54, 1.807) is 42.5 Å². The second-order valence-electron chi connectivity index (χ2n) is 5.77. The lowest BCUT2D eigenvalue weighted by Crippen LogP contribution is -2.46. The minimum absolute atomic E-state index is 0.125. The van der Waals surface area contributed by atoms with Crippen molar-refractivity contribution in [1.29, 1.82) is 0 Å². The molecule has 1 amide bonds. The fourth-order valence-electron chi connectivity index (χ4n) is 2.41. The molecule has 6 heteroatoms. The second kappa shape index (κ2) is 7.89. The summed E-state index contributed by atoms with van der Waals surface area (Å²) in [6.45, 7) is 1.94. The van der Waals surface area contributed by atoms with Gasteiger partial charge >= 0.3 is 0 Å². The predicted octanol–water partition coefficient (Wildman–Crippen LogP) is 4.29. The lowest BCUT2D eigenvalue weighted by atomic mass is 10.1. The highest BCUT2D eigenvalue weighted by atomic mass is 35.5. The zero-order valence-corrected chi connectivity index (χ0v) is 14.8. The number of aryl methyl sites for hydroxylation is 1. The van der Waals surface area contributed by atoms with E-state index in [0.717, 1.165) is 5.56 Å². The van der Waals surface area contributed by atoms with Crippen LogP contribution in [-0.2, 0) is 0 Å². The summed E-state index contributed by atoms with van der Waals surface area (Å²) in [5.74, 6) is -0.639. The van der Waals surface area contributed by atoms with Crippen molar-refractivity contribution in [3.8, 4) is 0 Å².